The van der Waals surface area contributed by atoms with Crippen LogP contribution < -0.4 is 63.7 Å². The number of allylic oxidation sites excluding steroid dienone is 1. The first-order valence-corrected chi connectivity index (χ1v) is 36.6. The second kappa shape index (κ2) is 36.9. The van der Waals surface area contributed by atoms with Crippen LogP contribution in [0.3, 0.4) is 0 Å². The zero-order chi connectivity index (χ0) is 63.8. The second-order valence-corrected chi connectivity index (χ2v) is 30.1. The van der Waals surface area contributed by atoms with Crippen molar-refractivity contribution in [3.05, 3.63) is 442 Å². The molecule has 0 aromatic heterocycles. The molecule has 0 fully saturated rings. The number of hydrogen-bond acceptors (Lipinski definition) is 1. The highest BCUT2D eigenvalue weighted by atomic mass is 31.1. The molecule has 0 heterocycles. The van der Waals surface area contributed by atoms with Gasteiger partial charge in [-0.05, 0) is 125 Å². The van der Waals surface area contributed by atoms with Gasteiger partial charge in [0.1, 0.15) is 0 Å². The number of rotatable bonds is 15. The van der Waals surface area contributed by atoms with Gasteiger partial charge in [-0.2, -0.15) is 0 Å². The average molecular weight is 1270 g/mol. The summed E-state index contributed by atoms with van der Waals surface area (Å²) in [4.78, 5) is 11.3. The SMILES string of the molecule is CC(=O)C=C(c1ccccc1)c1ccccc1.c1ccc(P(c2ccccc2)c2ccccc2)cc1.c1ccc(P(c2ccccc2)c2ccccc2)cc1.c1ccc(P(c2ccccc2)c2ccccc2)cc1.c1ccc(P(c2ccccc2)c2ccccc2)cc1. The van der Waals surface area contributed by atoms with Crippen molar-refractivity contribution < 1.29 is 4.79 Å². The maximum Gasteiger partial charge on any atom is 0.153 e. The molecule has 0 saturated carbocycles. The van der Waals surface area contributed by atoms with Crippen LogP contribution in [-0.4, -0.2) is 5.78 Å². The molecule has 0 bridgehead atoms. The monoisotopic (exact) mass is 1270 g/mol. The van der Waals surface area contributed by atoms with E-state index in [2.05, 4.69) is 364 Å². The van der Waals surface area contributed by atoms with Crippen LogP contribution in [0.15, 0.2) is 431 Å². The van der Waals surface area contributed by atoms with Gasteiger partial charge in [-0.15, -0.1) is 0 Å². The lowest BCUT2D eigenvalue weighted by Crippen LogP contribution is -2.20. The van der Waals surface area contributed by atoms with Gasteiger partial charge >= 0.3 is 0 Å². The average Bonchev–Trinajstić information content (AvgIpc) is 1.12. The summed E-state index contributed by atoms with van der Waals surface area (Å²) in [6.07, 6.45) is 1.69. The predicted octanol–water partition coefficient (Wildman–Crippen LogP) is 17.5. The first-order valence-electron chi connectivity index (χ1n) is 31.2. The van der Waals surface area contributed by atoms with Gasteiger partial charge in [0.25, 0.3) is 0 Å². The highest BCUT2D eigenvalue weighted by molar-refractivity contribution is 7.81. The molecule has 14 aromatic rings. The standard InChI is InChI=1S/4C18H15P.C16H14O/c4*1-4-10-16(11-5-1)19(17-12-6-2-7-13-17)18-14-8-3-9-15-18;1-13(17)12-16(14-8-4-2-5-9-14)15-10-6-3-7-11-15/h4*1-15H;2-12H,1H3. The van der Waals surface area contributed by atoms with Crippen molar-refractivity contribution in [2.24, 2.45) is 0 Å². The van der Waals surface area contributed by atoms with Gasteiger partial charge in [0.05, 0.1) is 0 Å². The van der Waals surface area contributed by atoms with E-state index in [1.165, 1.54) is 63.7 Å². The minimum absolute atomic E-state index is 0.0627. The molecule has 93 heavy (non-hydrogen) atoms. The molecule has 0 N–H and O–H groups in total. The second-order valence-electron chi connectivity index (χ2n) is 21.3. The third-order valence-corrected chi connectivity index (χ3v) is 24.5. The minimum Gasteiger partial charge on any atom is -0.295 e. The van der Waals surface area contributed by atoms with Crippen molar-refractivity contribution >= 4 is 107 Å². The lowest BCUT2D eigenvalue weighted by Gasteiger charge is -2.18. The van der Waals surface area contributed by atoms with Crippen LogP contribution in [0.1, 0.15) is 18.1 Å². The van der Waals surface area contributed by atoms with Crippen LogP contribution in [0.4, 0.5) is 0 Å². The van der Waals surface area contributed by atoms with Crippen LogP contribution in [-0.2, 0) is 4.79 Å². The van der Waals surface area contributed by atoms with Crippen molar-refractivity contribution in [2.45, 2.75) is 6.92 Å². The van der Waals surface area contributed by atoms with Crippen molar-refractivity contribution in [3.8, 4) is 0 Å². The fraction of sp³-hybridized carbons (Fsp3) is 0.0114. The Morgan fingerprint density at radius 1 is 0.183 bits per heavy atom. The van der Waals surface area contributed by atoms with Crippen LogP contribution in [0, 0.1) is 0 Å². The van der Waals surface area contributed by atoms with Crippen molar-refractivity contribution in [3.63, 3.8) is 0 Å². The Labute approximate surface area is 556 Å². The number of carbonyl (C=O) groups excluding carboxylic acids is 1. The maximum absolute atomic E-state index is 11.3. The van der Waals surface area contributed by atoms with Crippen LogP contribution >= 0.6 is 31.7 Å². The van der Waals surface area contributed by atoms with E-state index in [0.29, 0.717) is 0 Å². The van der Waals surface area contributed by atoms with Crippen LogP contribution in [0.25, 0.3) is 5.57 Å². The Morgan fingerprint density at radius 3 is 0.398 bits per heavy atom. The Morgan fingerprint density at radius 2 is 0.290 bits per heavy atom. The van der Waals surface area contributed by atoms with Gasteiger partial charge in [0.15, 0.2) is 5.78 Å². The lowest BCUT2D eigenvalue weighted by atomic mass is 9.97. The number of carbonyl (C=O) groups is 1. The summed E-state index contributed by atoms with van der Waals surface area (Å²) in [5, 5.41) is 16.8. The molecule has 1 nitrogen and oxygen atoms in total. The summed E-state index contributed by atoms with van der Waals surface area (Å²) in [7, 11) is -1.78. The third-order valence-electron chi connectivity index (χ3n) is 14.7. The molecule has 14 rings (SSSR count). The molecular weight excluding hydrogens is 1200 g/mol. The van der Waals surface area contributed by atoms with E-state index in [0.717, 1.165) is 16.7 Å². The molecule has 0 amide bonds. The highest BCUT2D eigenvalue weighted by Crippen LogP contribution is 2.35. The summed E-state index contributed by atoms with van der Waals surface area (Å²) < 4.78 is 0. The largest absolute Gasteiger partial charge is 0.295 e. The molecule has 0 unspecified atom stereocenters. The molecule has 452 valence electrons. The zero-order valence-electron chi connectivity index (χ0n) is 52.2. The quantitative estimate of drug-likeness (QED) is 0.0738. The topological polar surface area (TPSA) is 17.1 Å². The van der Waals surface area contributed by atoms with Crippen LogP contribution in [0.2, 0.25) is 0 Å². The molecular formula is C88H74OP4. The molecule has 0 aliphatic heterocycles. The molecule has 0 saturated heterocycles. The lowest BCUT2D eigenvalue weighted by molar-refractivity contribution is -0.112. The summed E-state index contributed by atoms with van der Waals surface area (Å²) in [6, 6.07) is 149. The molecule has 5 heteroatoms. The highest BCUT2D eigenvalue weighted by Gasteiger charge is 2.19. The van der Waals surface area contributed by atoms with Gasteiger partial charge in [-0.3, -0.25) is 4.79 Å². The molecule has 0 spiro atoms. The summed E-state index contributed by atoms with van der Waals surface area (Å²) in [5.41, 5.74) is 3.10. The summed E-state index contributed by atoms with van der Waals surface area (Å²) in [6.45, 7) is 1.58. The third kappa shape index (κ3) is 20.1. The fourth-order valence-electron chi connectivity index (χ4n) is 10.5. The summed E-state index contributed by atoms with van der Waals surface area (Å²) >= 11 is 0. The van der Waals surface area contributed by atoms with E-state index in [1.807, 2.05) is 60.7 Å². The van der Waals surface area contributed by atoms with E-state index >= 15 is 0 Å². The Bertz CT molecular complexity index is 3450. The van der Waals surface area contributed by atoms with Crippen molar-refractivity contribution in [2.75, 3.05) is 0 Å². The fourth-order valence-corrected chi connectivity index (χ4v) is 19.7. The van der Waals surface area contributed by atoms with E-state index in [9.17, 15) is 4.79 Å². The molecule has 0 aliphatic rings. The zero-order valence-corrected chi connectivity index (χ0v) is 55.8. The predicted molar refractivity (Wildman–Crippen MR) is 411 cm³/mol. The van der Waals surface area contributed by atoms with Gasteiger partial charge < -0.3 is 0 Å². The van der Waals surface area contributed by atoms with Gasteiger partial charge in [0, 0.05) is 0 Å². The molecule has 0 atom stereocenters. The molecule has 14 aromatic carbocycles. The van der Waals surface area contributed by atoms with E-state index < -0.39 is 31.7 Å². The van der Waals surface area contributed by atoms with E-state index in [1.54, 1.807) is 13.0 Å². The Hall–Kier alpha value is -9.79. The summed E-state index contributed by atoms with van der Waals surface area (Å²) in [5.74, 6) is 0.0627. The van der Waals surface area contributed by atoms with Gasteiger partial charge in [-0.25, -0.2) is 0 Å². The normalized spacial score (nSPS) is 10.4. The van der Waals surface area contributed by atoms with Crippen molar-refractivity contribution in [1.29, 1.82) is 0 Å². The van der Waals surface area contributed by atoms with E-state index in [4.69, 9.17) is 0 Å². The first-order chi connectivity index (χ1) is 46.1. The molecule has 0 radical (unpaired) electrons. The Balaban J connectivity index is 0.000000127. The Kier molecular flexibility index (Phi) is 26.2. The first kappa shape index (κ1) is 66.1. The number of hydrogen-bond donors (Lipinski definition) is 0. The van der Waals surface area contributed by atoms with Crippen molar-refractivity contribution in [1.82, 2.24) is 0 Å². The maximum atomic E-state index is 11.3. The molecule has 0 aliphatic carbocycles. The number of ketones is 1. The number of benzene rings is 14. The smallest absolute Gasteiger partial charge is 0.153 e. The minimum atomic E-state index is -0.446. The van der Waals surface area contributed by atoms with Crippen LogP contribution in [0.5, 0.6) is 0 Å². The van der Waals surface area contributed by atoms with Gasteiger partial charge in [-0.1, -0.05) is 425 Å². The van der Waals surface area contributed by atoms with E-state index in [-0.39, 0.29) is 5.78 Å². The van der Waals surface area contributed by atoms with Gasteiger partial charge in [0.2, 0.25) is 0 Å².